The van der Waals surface area contributed by atoms with Gasteiger partial charge < -0.3 is 9.64 Å². The normalized spacial score (nSPS) is 18.1. The number of hydrogen-bond donors (Lipinski definition) is 1. The van der Waals surface area contributed by atoms with Gasteiger partial charge in [-0.3, -0.25) is 14.9 Å². The molecular formula is C12H15ClN4O3. The number of ether oxygens (including phenoxy) is 1. The molecule has 1 aliphatic heterocycles. The van der Waals surface area contributed by atoms with Crippen molar-refractivity contribution in [2.45, 2.75) is 26.0 Å². The number of carbonyl (C=O) groups excluding carboxylic acids is 2. The number of aromatic nitrogens is 2. The molecule has 1 N–H and O–H groups in total. The highest BCUT2D eigenvalue weighted by Crippen LogP contribution is 2.26. The van der Waals surface area contributed by atoms with Crippen LogP contribution in [0.1, 0.15) is 19.7 Å². The molecule has 1 fully saturated rings. The van der Waals surface area contributed by atoms with Crippen molar-refractivity contribution in [2.24, 2.45) is 0 Å². The first-order valence-corrected chi connectivity index (χ1v) is 6.36. The van der Waals surface area contributed by atoms with E-state index >= 15 is 0 Å². The molecule has 1 aromatic heterocycles. The van der Waals surface area contributed by atoms with E-state index in [1.165, 1.54) is 13.2 Å². The van der Waals surface area contributed by atoms with Crippen LogP contribution in [0.5, 0.6) is 0 Å². The Kier molecular flexibility index (Phi) is 3.92. The molecule has 1 saturated heterocycles. The summed E-state index contributed by atoms with van der Waals surface area (Å²) < 4.78 is 4.97. The van der Waals surface area contributed by atoms with Crippen molar-refractivity contribution < 1.29 is 14.3 Å². The van der Waals surface area contributed by atoms with E-state index in [4.69, 9.17) is 16.3 Å². The van der Waals surface area contributed by atoms with Gasteiger partial charge in [0, 0.05) is 13.2 Å². The molecule has 1 aromatic rings. The Morgan fingerprint density at radius 2 is 2.15 bits per heavy atom. The summed E-state index contributed by atoms with van der Waals surface area (Å²) >= 11 is 5.95. The van der Waals surface area contributed by atoms with Crippen LogP contribution in [0.15, 0.2) is 6.07 Å². The van der Waals surface area contributed by atoms with Crippen LogP contribution >= 0.6 is 11.6 Å². The average molecular weight is 299 g/mol. The lowest BCUT2D eigenvalue weighted by atomic mass is 9.99. The summed E-state index contributed by atoms with van der Waals surface area (Å²) in [5.41, 5.74) is -0.907. The number of nitrogens with zero attached hydrogens (tertiary/aromatic N) is 3. The van der Waals surface area contributed by atoms with Gasteiger partial charge in [-0.1, -0.05) is 11.6 Å². The number of amides is 2. The fraction of sp³-hybridized carbons (Fsp3) is 0.500. The first kappa shape index (κ1) is 14.7. The average Bonchev–Trinajstić information content (AvgIpc) is 2.33. The van der Waals surface area contributed by atoms with E-state index in [2.05, 4.69) is 15.3 Å². The molecule has 2 rings (SSSR count). The van der Waals surface area contributed by atoms with Crippen molar-refractivity contribution in [1.29, 1.82) is 0 Å². The number of carbonyl (C=O) groups is 2. The molecule has 0 atom stereocenters. The lowest BCUT2D eigenvalue weighted by Crippen LogP contribution is -2.64. The molecule has 0 bridgehead atoms. The molecular weight excluding hydrogens is 284 g/mol. The van der Waals surface area contributed by atoms with Crippen molar-refractivity contribution in [3.63, 3.8) is 0 Å². The minimum Gasteiger partial charge on any atom is -0.377 e. The summed E-state index contributed by atoms with van der Waals surface area (Å²) in [6.45, 7) is 3.64. The molecule has 0 aromatic carbocycles. The van der Waals surface area contributed by atoms with E-state index < -0.39 is 5.54 Å². The molecule has 0 spiro atoms. The Morgan fingerprint density at radius 1 is 1.45 bits per heavy atom. The Hall–Kier alpha value is -1.73. The molecule has 8 heteroatoms. The maximum Gasteiger partial charge on any atom is 0.251 e. The Labute approximate surface area is 121 Å². The third-order valence-corrected chi connectivity index (χ3v) is 3.26. The standard InChI is InChI=1S/C12H15ClN4O3/c1-12(2)11(19)16-10(18)5-17(12)9-4-7(13)14-8(15-9)6-20-3/h4H,5-6H2,1-3H3,(H,16,18,19). The number of methoxy groups -OCH3 is 1. The van der Waals surface area contributed by atoms with Gasteiger partial charge in [-0.05, 0) is 13.8 Å². The molecule has 0 radical (unpaired) electrons. The maximum atomic E-state index is 11.9. The minimum absolute atomic E-state index is 0.0263. The SMILES string of the molecule is COCc1nc(Cl)cc(N2CC(=O)NC(=O)C2(C)C)n1. The summed E-state index contributed by atoms with van der Waals surface area (Å²) in [5, 5.41) is 2.54. The highest BCUT2D eigenvalue weighted by atomic mass is 35.5. The van der Waals surface area contributed by atoms with Crippen LogP contribution in [0.3, 0.4) is 0 Å². The molecule has 20 heavy (non-hydrogen) atoms. The molecule has 2 amide bonds. The Morgan fingerprint density at radius 3 is 2.80 bits per heavy atom. The van der Waals surface area contributed by atoms with Crippen LogP contribution in [0, 0.1) is 0 Å². The van der Waals surface area contributed by atoms with E-state index in [1.807, 2.05) is 0 Å². The smallest absolute Gasteiger partial charge is 0.251 e. The monoisotopic (exact) mass is 298 g/mol. The number of imide groups is 1. The topological polar surface area (TPSA) is 84.4 Å². The second-order valence-electron chi connectivity index (χ2n) is 4.92. The first-order valence-electron chi connectivity index (χ1n) is 5.99. The van der Waals surface area contributed by atoms with Crippen LogP contribution in [0.4, 0.5) is 5.82 Å². The Balaban J connectivity index is 2.42. The number of rotatable bonds is 3. The maximum absolute atomic E-state index is 11.9. The summed E-state index contributed by atoms with van der Waals surface area (Å²) in [6.07, 6.45) is 0. The van der Waals surface area contributed by atoms with Crippen molar-refractivity contribution >= 4 is 29.2 Å². The number of halogens is 1. The van der Waals surface area contributed by atoms with E-state index in [1.54, 1.807) is 18.7 Å². The van der Waals surface area contributed by atoms with Gasteiger partial charge in [-0.15, -0.1) is 0 Å². The van der Waals surface area contributed by atoms with Gasteiger partial charge in [-0.25, -0.2) is 9.97 Å². The summed E-state index contributed by atoms with van der Waals surface area (Å²) in [4.78, 5) is 33.4. The minimum atomic E-state index is -0.907. The summed E-state index contributed by atoms with van der Waals surface area (Å²) in [5.74, 6) is 0.0589. The molecule has 7 nitrogen and oxygen atoms in total. The second-order valence-corrected chi connectivity index (χ2v) is 5.31. The predicted octanol–water partition coefficient (Wildman–Crippen LogP) is 0.518. The predicted molar refractivity (Wildman–Crippen MR) is 72.3 cm³/mol. The second kappa shape index (κ2) is 5.34. The van der Waals surface area contributed by atoms with E-state index in [0.717, 1.165) is 0 Å². The van der Waals surface area contributed by atoms with E-state index in [-0.39, 0.29) is 30.1 Å². The zero-order valence-electron chi connectivity index (χ0n) is 11.4. The molecule has 1 aliphatic rings. The van der Waals surface area contributed by atoms with E-state index in [0.29, 0.717) is 11.6 Å². The fourth-order valence-electron chi connectivity index (χ4n) is 1.93. The van der Waals surface area contributed by atoms with Crippen molar-refractivity contribution in [2.75, 3.05) is 18.6 Å². The third kappa shape index (κ3) is 2.73. The fourth-order valence-corrected chi connectivity index (χ4v) is 2.13. The van der Waals surface area contributed by atoms with Gasteiger partial charge in [0.25, 0.3) is 5.91 Å². The highest BCUT2D eigenvalue weighted by Gasteiger charge is 2.41. The zero-order chi connectivity index (χ0) is 14.9. The molecule has 108 valence electrons. The summed E-state index contributed by atoms with van der Waals surface area (Å²) in [7, 11) is 1.52. The number of nitrogens with one attached hydrogen (secondary N) is 1. The first-order chi connectivity index (χ1) is 9.34. The van der Waals surface area contributed by atoms with Gasteiger partial charge >= 0.3 is 0 Å². The van der Waals surface area contributed by atoms with Gasteiger partial charge in [0.05, 0.1) is 6.54 Å². The number of hydrogen-bond acceptors (Lipinski definition) is 6. The van der Waals surface area contributed by atoms with Gasteiger partial charge in [0.1, 0.15) is 23.1 Å². The highest BCUT2D eigenvalue weighted by molar-refractivity contribution is 6.29. The van der Waals surface area contributed by atoms with E-state index in [9.17, 15) is 9.59 Å². The summed E-state index contributed by atoms with van der Waals surface area (Å²) in [6, 6.07) is 1.52. The number of piperazine rings is 1. The molecule has 2 heterocycles. The number of anilines is 1. The van der Waals surface area contributed by atoms with Crippen LogP contribution in [-0.4, -0.2) is 41.0 Å². The largest absolute Gasteiger partial charge is 0.377 e. The Bertz CT molecular complexity index is 562. The van der Waals surface area contributed by atoms with Crippen LogP contribution in [-0.2, 0) is 20.9 Å². The van der Waals surface area contributed by atoms with Gasteiger partial charge in [0.15, 0.2) is 5.82 Å². The zero-order valence-corrected chi connectivity index (χ0v) is 12.2. The van der Waals surface area contributed by atoms with Crippen molar-refractivity contribution in [1.82, 2.24) is 15.3 Å². The third-order valence-electron chi connectivity index (χ3n) is 3.06. The molecule has 0 unspecified atom stereocenters. The lowest BCUT2D eigenvalue weighted by molar-refractivity contribution is -0.135. The quantitative estimate of drug-likeness (QED) is 0.647. The van der Waals surface area contributed by atoms with Crippen LogP contribution in [0.2, 0.25) is 5.15 Å². The van der Waals surface area contributed by atoms with Crippen LogP contribution in [0.25, 0.3) is 0 Å². The lowest BCUT2D eigenvalue weighted by Gasteiger charge is -2.40. The van der Waals surface area contributed by atoms with Crippen molar-refractivity contribution in [3.8, 4) is 0 Å². The van der Waals surface area contributed by atoms with Crippen molar-refractivity contribution in [3.05, 3.63) is 17.0 Å². The van der Waals surface area contributed by atoms with Gasteiger partial charge in [0.2, 0.25) is 5.91 Å². The molecule has 0 saturated carbocycles. The van der Waals surface area contributed by atoms with Gasteiger partial charge in [-0.2, -0.15) is 0 Å². The van der Waals surface area contributed by atoms with Crippen LogP contribution < -0.4 is 10.2 Å². The molecule has 0 aliphatic carbocycles.